The molecule has 4 heteroatoms. The fourth-order valence-electron chi connectivity index (χ4n) is 3.86. The molecule has 1 rings (SSSR count). The van der Waals surface area contributed by atoms with Crippen LogP contribution in [0.1, 0.15) is 108 Å². The van der Waals surface area contributed by atoms with Gasteiger partial charge in [0.2, 0.25) is 0 Å². The Labute approximate surface area is 190 Å². The molecule has 4 nitrogen and oxygen atoms in total. The smallest absolute Gasteiger partial charge is 0.305 e. The van der Waals surface area contributed by atoms with Crippen LogP contribution < -0.4 is 0 Å². The second-order valence-corrected chi connectivity index (χ2v) is 8.81. The van der Waals surface area contributed by atoms with E-state index < -0.39 is 6.10 Å². The maximum Gasteiger partial charge on any atom is 0.305 e. The number of hydrogen-bond donors (Lipinski definition) is 2. The molecule has 1 aromatic rings. The summed E-state index contributed by atoms with van der Waals surface area (Å²) in [5.74, 6) is -0.278. The van der Waals surface area contributed by atoms with Gasteiger partial charge in [0.05, 0.1) is 6.61 Å². The number of rotatable bonds is 21. The maximum absolute atomic E-state index is 11.4. The molecule has 0 aliphatic heterocycles. The summed E-state index contributed by atoms with van der Waals surface area (Å²) in [5, 5.41) is 17.8. The fraction of sp³-hybridized carbons (Fsp3) is 0.741. The molecule has 0 aliphatic carbocycles. The third-order valence-corrected chi connectivity index (χ3v) is 5.84. The molecule has 1 unspecified atom stereocenters. The lowest BCUT2D eigenvalue weighted by Crippen LogP contribution is -2.21. The van der Waals surface area contributed by atoms with Crippen LogP contribution in [0, 0.1) is 0 Å². The van der Waals surface area contributed by atoms with Crippen LogP contribution >= 0.6 is 0 Å². The van der Waals surface area contributed by atoms with Crippen molar-refractivity contribution in [2.75, 3.05) is 13.2 Å². The summed E-state index contributed by atoms with van der Waals surface area (Å²) in [6, 6.07) is 10.8. The van der Waals surface area contributed by atoms with Crippen LogP contribution in [0.5, 0.6) is 0 Å². The summed E-state index contributed by atoms with van der Waals surface area (Å²) in [6.07, 6.45) is 20.0. The molecule has 1 atom stereocenters. The van der Waals surface area contributed by atoms with Crippen molar-refractivity contribution in [3.63, 3.8) is 0 Å². The lowest BCUT2D eigenvalue weighted by molar-refractivity contribution is -0.147. The first-order chi connectivity index (χ1) is 15.2. The average molecular weight is 435 g/mol. The van der Waals surface area contributed by atoms with Gasteiger partial charge in [0.1, 0.15) is 12.7 Å². The van der Waals surface area contributed by atoms with Crippen molar-refractivity contribution in [1.82, 2.24) is 0 Å². The standard InChI is InChI=1S/C27H46O4/c28-23-26(29)24-31-27(30)22-18-13-11-9-7-5-3-1-2-4-6-8-10-12-15-19-25-20-16-14-17-21-25/h14,16-17,20-21,26,28-29H,1-13,15,18-19,22-24H2. The SMILES string of the molecule is O=C(CCCCCCCCCCCCCCCCCc1ccccc1)OCC(O)CO. The van der Waals surface area contributed by atoms with E-state index in [4.69, 9.17) is 14.9 Å². The van der Waals surface area contributed by atoms with Gasteiger partial charge in [0, 0.05) is 6.42 Å². The Balaban J connectivity index is 1.72. The molecular weight excluding hydrogens is 388 g/mol. The highest BCUT2D eigenvalue weighted by Gasteiger charge is 2.07. The zero-order valence-electron chi connectivity index (χ0n) is 19.6. The molecular formula is C27H46O4. The molecule has 0 saturated carbocycles. The third-order valence-electron chi connectivity index (χ3n) is 5.84. The minimum atomic E-state index is -0.959. The number of esters is 1. The summed E-state index contributed by atoms with van der Waals surface area (Å²) >= 11 is 0. The molecule has 2 N–H and O–H groups in total. The second kappa shape index (κ2) is 20.5. The highest BCUT2D eigenvalue weighted by Crippen LogP contribution is 2.14. The Morgan fingerprint density at radius 2 is 1.16 bits per heavy atom. The first-order valence-electron chi connectivity index (χ1n) is 12.7. The Bertz CT molecular complexity index is 517. The minimum Gasteiger partial charge on any atom is -0.463 e. The van der Waals surface area contributed by atoms with Crippen LogP contribution in [0.3, 0.4) is 0 Å². The van der Waals surface area contributed by atoms with Gasteiger partial charge >= 0.3 is 5.97 Å². The molecule has 0 saturated heterocycles. The monoisotopic (exact) mass is 434 g/mol. The molecule has 0 heterocycles. The largest absolute Gasteiger partial charge is 0.463 e. The van der Waals surface area contributed by atoms with Gasteiger partial charge in [0.25, 0.3) is 0 Å². The molecule has 31 heavy (non-hydrogen) atoms. The maximum atomic E-state index is 11.4. The van der Waals surface area contributed by atoms with Crippen molar-refractivity contribution in [2.45, 2.75) is 115 Å². The number of ether oxygens (including phenoxy) is 1. The number of unbranched alkanes of at least 4 members (excludes halogenated alkanes) is 14. The average Bonchev–Trinajstić information content (AvgIpc) is 2.80. The van der Waals surface area contributed by atoms with Gasteiger partial charge in [-0.05, 0) is 24.8 Å². The van der Waals surface area contributed by atoms with Crippen molar-refractivity contribution in [3.05, 3.63) is 35.9 Å². The van der Waals surface area contributed by atoms with Gasteiger partial charge in [-0.25, -0.2) is 0 Å². The van der Waals surface area contributed by atoms with Crippen LogP contribution in [-0.2, 0) is 16.0 Å². The van der Waals surface area contributed by atoms with Crippen molar-refractivity contribution in [3.8, 4) is 0 Å². The quantitative estimate of drug-likeness (QED) is 0.174. The number of aliphatic hydroxyl groups is 2. The Morgan fingerprint density at radius 3 is 1.65 bits per heavy atom. The summed E-state index contributed by atoms with van der Waals surface area (Å²) < 4.78 is 4.89. The van der Waals surface area contributed by atoms with E-state index in [1.807, 2.05) is 0 Å². The van der Waals surface area contributed by atoms with Crippen molar-refractivity contribution in [1.29, 1.82) is 0 Å². The number of benzene rings is 1. The van der Waals surface area contributed by atoms with E-state index in [9.17, 15) is 4.79 Å². The van der Waals surface area contributed by atoms with Gasteiger partial charge in [-0.1, -0.05) is 114 Å². The van der Waals surface area contributed by atoms with E-state index in [2.05, 4.69) is 30.3 Å². The summed E-state index contributed by atoms with van der Waals surface area (Å²) in [7, 11) is 0. The molecule has 0 amide bonds. The first kappa shape index (κ1) is 27.6. The Kier molecular flexibility index (Phi) is 18.3. The van der Waals surface area contributed by atoms with Gasteiger partial charge < -0.3 is 14.9 Å². The van der Waals surface area contributed by atoms with Crippen LogP contribution in [0.15, 0.2) is 30.3 Å². The zero-order chi connectivity index (χ0) is 22.4. The number of carbonyl (C=O) groups is 1. The predicted molar refractivity (Wildman–Crippen MR) is 128 cm³/mol. The molecule has 0 bridgehead atoms. The van der Waals surface area contributed by atoms with Gasteiger partial charge in [-0.2, -0.15) is 0 Å². The summed E-state index contributed by atoms with van der Waals surface area (Å²) in [4.78, 5) is 11.4. The van der Waals surface area contributed by atoms with Gasteiger partial charge in [-0.15, -0.1) is 0 Å². The Hall–Kier alpha value is -1.39. The molecule has 0 spiro atoms. The van der Waals surface area contributed by atoms with Crippen LogP contribution in [0.4, 0.5) is 0 Å². The minimum absolute atomic E-state index is 0.107. The van der Waals surface area contributed by atoms with Crippen LogP contribution in [0.25, 0.3) is 0 Å². The molecule has 1 aromatic carbocycles. The first-order valence-corrected chi connectivity index (χ1v) is 12.7. The zero-order valence-corrected chi connectivity index (χ0v) is 19.6. The van der Waals surface area contributed by atoms with Gasteiger partial charge in [0.15, 0.2) is 0 Å². The van der Waals surface area contributed by atoms with Crippen molar-refractivity contribution in [2.24, 2.45) is 0 Å². The van der Waals surface area contributed by atoms with E-state index in [1.54, 1.807) is 0 Å². The Morgan fingerprint density at radius 1 is 0.710 bits per heavy atom. The van der Waals surface area contributed by atoms with Crippen LogP contribution in [-0.4, -0.2) is 35.5 Å². The topological polar surface area (TPSA) is 66.8 Å². The molecule has 0 aromatic heterocycles. The number of carbonyl (C=O) groups excluding carboxylic acids is 1. The van der Waals surface area contributed by atoms with E-state index in [1.165, 1.54) is 95.5 Å². The van der Waals surface area contributed by atoms with Crippen LogP contribution in [0.2, 0.25) is 0 Å². The van der Waals surface area contributed by atoms with E-state index in [0.29, 0.717) is 6.42 Å². The summed E-state index contributed by atoms with van der Waals surface area (Å²) in [6.45, 7) is -0.479. The predicted octanol–water partition coefficient (Wildman–Crippen LogP) is 6.37. The third kappa shape index (κ3) is 17.9. The summed E-state index contributed by atoms with van der Waals surface area (Å²) in [5.41, 5.74) is 1.47. The highest BCUT2D eigenvalue weighted by atomic mass is 16.5. The molecule has 0 aliphatic rings. The normalized spacial score (nSPS) is 12.1. The number of aryl methyl sites for hydroxylation is 1. The van der Waals surface area contributed by atoms with E-state index >= 15 is 0 Å². The lowest BCUT2D eigenvalue weighted by atomic mass is 10.0. The van der Waals surface area contributed by atoms with Crippen molar-refractivity contribution >= 4 is 5.97 Å². The van der Waals surface area contributed by atoms with E-state index in [0.717, 1.165) is 12.8 Å². The molecule has 0 fully saturated rings. The van der Waals surface area contributed by atoms with Crippen molar-refractivity contribution < 1.29 is 19.7 Å². The lowest BCUT2D eigenvalue weighted by Gasteiger charge is -2.08. The second-order valence-electron chi connectivity index (χ2n) is 8.81. The number of hydrogen-bond acceptors (Lipinski definition) is 4. The molecule has 178 valence electrons. The number of aliphatic hydroxyl groups excluding tert-OH is 2. The van der Waals surface area contributed by atoms with Gasteiger partial charge in [-0.3, -0.25) is 4.79 Å². The van der Waals surface area contributed by atoms with E-state index in [-0.39, 0.29) is 19.2 Å². The molecule has 0 radical (unpaired) electrons. The highest BCUT2D eigenvalue weighted by molar-refractivity contribution is 5.69. The fourth-order valence-corrected chi connectivity index (χ4v) is 3.86.